The van der Waals surface area contributed by atoms with E-state index in [9.17, 15) is 0 Å². The van der Waals surface area contributed by atoms with Gasteiger partial charge in [-0.3, -0.25) is 0 Å². The second-order valence-corrected chi connectivity index (χ2v) is 4.23. The Bertz CT molecular complexity index is 373. The number of H-pyrrole nitrogens is 1. The molecule has 2 aromatic rings. The fourth-order valence-corrected chi connectivity index (χ4v) is 2.20. The first kappa shape index (κ1) is 7.55. The van der Waals surface area contributed by atoms with Crippen LogP contribution in [0, 0.1) is 13.8 Å². The third kappa shape index (κ3) is 1.16. The molecular formula is C9H10N2S. The SMILES string of the molecule is Cc1cc(-c2ncc[nH]2)c(C)s1. The molecule has 0 amide bonds. The van der Waals surface area contributed by atoms with E-state index in [1.165, 1.54) is 15.3 Å². The normalized spacial score (nSPS) is 10.5. The van der Waals surface area contributed by atoms with E-state index in [-0.39, 0.29) is 0 Å². The third-order valence-corrected chi connectivity index (χ3v) is 2.76. The Labute approximate surface area is 75.3 Å². The zero-order valence-corrected chi connectivity index (χ0v) is 7.90. The standard InChI is InChI=1S/C9H10N2S/c1-6-5-8(7(2)12-6)9-10-3-4-11-9/h3-5H,1-2H3,(H,10,11). The summed E-state index contributed by atoms with van der Waals surface area (Å²) >= 11 is 1.81. The van der Waals surface area contributed by atoms with Gasteiger partial charge in [-0.2, -0.15) is 0 Å². The molecule has 0 aromatic carbocycles. The first-order valence-corrected chi connectivity index (χ1v) is 4.66. The van der Waals surface area contributed by atoms with Gasteiger partial charge in [0.05, 0.1) is 0 Å². The minimum Gasteiger partial charge on any atom is -0.345 e. The van der Waals surface area contributed by atoms with Crippen LogP contribution in [-0.2, 0) is 0 Å². The van der Waals surface area contributed by atoms with E-state index in [2.05, 4.69) is 29.9 Å². The summed E-state index contributed by atoms with van der Waals surface area (Å²) in [5.74, 6) is 0.969. The largest absolute Gasteiger partial charge is 0.345 e. The molecule has 0 unspecified atom stereocenters. The zero-order valence-electron chi connectivity index (χ0n) is 7.09. The molecule has 12 heavy (non-hydrogen) atoms. The van der Waals surface area contributed by atoms with Gasteiger partial charge in [0, 0.05) is 27.7 Å². The minimum atomic E-state index is 0.969. The topological polar surface area (TPSA) is 28.7 Å². The van der Waals surface area contributed by atoms with Crippen LogP contribution in [0.2, 0.25) is 0 Å². The molecule has 3 heteroatoms. The van der Waals surface area contributed by atoms with Crippen molar-refractivity contribution in [3.63, 3.8) is 0 Å². The molecule has 0 fully saturated rings. The minimum absolute atomic E-state index is 0.969. The Morgan fingerprint density at radius 2 is 2.25 bits per heavy atom. The lowest BCUT2D eigenvalue weighted by molar-refractivity contribution is 1.30. The van der Waals surface area contributed by atoms with Crippen molar-refractivity contribution < 1.29 is 0 Å². The van der Waals surface area contributed by atoms with Crippen LogP contribution >= 0.6 is 11.3 Å². The molecule has 2 heterocycles. The summed E-state index contributed by atoms with van der Waals surface area (Å²) in [6.45, 7) is 4.24. The summed E-state index contributed by atoms with van der Waals surface area (Å²) in [5.41, 5.74) is 1.22. The molecule has 2 aromatic heterocycles. The number of rotatable bonds is 1. The molecule has 62 valence electrons. The number of aryl methyl sites for hydroxylation is 2. The number of hydrogen-bond acceptors (Lipinski definition) is 2. The third-order valence-electron chi connectivity index (χ3n) is 1.79. The summed E-state index contributed by atoms with van der Waals surface area (Å²) < 4.78 is 0. The van der Waals surface area contributed by atoms with Crippen LogP contribution in [0.3, 0.4) is 0 Å². The fraction of sp³-hybridized carbons (Fsp3) is 0.222. The molecule has 0 radical (unpaired) electrons. The highest BCUT2D eigenvalue weighted by Crippen LogP contribution is 2.27. The maximum Gasteiger partial charge on any atom is 0.138 e. The number of aromatic nitrogens is 2. The molecule has 0 atom stereocenters. The highest BCUT2D eigenvalue weighted by atomic mass is 32.1. The molecule has 0 bridgehead atoms. The lowest BCUT2D eigenvalue weighted by Crippen LogP contribution is -1.77. The van der Waals surface area contributed by atoms with Crippen molar-refractivity contribution in [2.45, 2.75) is 13.8 Å². The Morgan fingerprint density at radius 3 is 2.75 bits per heavy atom. The molecule has 2 rings (SSSR count). The summed E-state index contributed by atoms with van der Waals surface area (Å²) in [6.07, 6.45) is 3.63. The van der Waals surface area contributed by atoms with E-state index >= 15 is 0 Å². The zero-order chi connectivity index (χ0) is 8.55. The lowest BCUT2D eigenvalue weighted by Gasteiger charge is -1.91. The molecule has 0 saturated heterocycles. The number of hydrogen-bond donors (Lipinski definition) is 1. The van der Waals surface area contributed by atoms with Gasteiger partial charge in [-0.25, -0.2) is 4.98 Å². The van der Waals surface area contributed by atoms with Crippen molar-refractivity contribution in [3.05, 3.63) is 28.2 Å². The van der Waals surface area contributed by atoms with Crippen LogP contribution in [0.1, 0.15) is 9.75 Å². The van der Waals surface area contributed by atoms with Gasteiger partial charge < -0.3 is 4.98 Å². The van der Waals surface area contributed by atoms with Gasteiger partial charge in [0.1, 0.15) is 5.82 Å². The Kier molecular flexibility index (Phi) is 1.73. The first-order valence-electron chi connectivity index (χ1n) is 3.84. The molecule has 0 saturated carbocycles. The highest BCUT2D eigenvalue weighted by molar-refractivity contribution is 7.12. The maximum absolute atomic E-state index is 4.21. The molecule has 0 aliphatic rings. The van der Waals surface area contributed by atoms with Crippen LogP contribution in [0.5, 0.6) is 0 Å². The summed E-state index contributed by atoms with van der Waals surface area (Å²) in [6, 6.07) is 2.17. The van der Waals surface area contributed by atoms with Crippen LogP contribution in [-0.4, -0.2) is 9.97 Å². The van der Waals surface area contributed by atoms with Crippen molar-refractivity contribution >= 4 is 11.3 Å². The average molecular weight is 178 g/mol. The monoisotopic (exact) mass is 178 g/mol. The van der Waals surface area contributed by atoms with Gasteiger partial charge >= 0.3 is 0 Å². The number of nitrogens with one attached hydrogen (secondary N) is 1. The fourth-order valence-electron chi connectivity index (χ4n) is 1.28. The van der Waals surface area contributed by atoms with Gasteiger partial charge in [0.25, 0.3) is 0 Å². The van der Waals surface area contributed by atoms with Crippen molar-refractivity contribution in [1.82, 2.24) is 9.97 Å². The second-order valence-electron chi connectivity index (χ2n) is 2.76. The number of thiophene rings is 1. The Morgan fingerprint density at radius 1 is 1.42 bits per heavy atom. The molecule has 0 spiro atoms. The molecule has 1 N–H and O–H groups in total. The predicted molar refractivity (Wildman–Crippen MR) is 51.4 cm³/mol. The Balaban J connectivity index is 2.54. The van der Waals surface area contributed by atoms with E-state index in [4.69, 9.17) is 0 Å². The quantitative estimate of drug-likeness (QED) is 0.714. The lowest BCUT2D eigenvalue weighted by atomic mass is 10.2. The molecule has 0 aliphatic carbocycles. The van der Waals surface area contributed by atoms with Crippen molar-refractivity contribution in [2.24, 2.45) is 0 Å². The molecule has 0 aliphatic heterocycles. The summed E-state index contributed by atoms with van der Waals surface area (Å²) in [4.78, 5) is 9.97. The van der Waals surface area contributed by atoms with Gasteiger partial charge in [0.2, 0.25) is 0 Å². The number of nitrogens with zero attached hydrogens (tertiary/aromatic N) is 1. The molecule has 2 nitrogen and oxygen atoms in total. The van der Waals surface area contributed by atoms with E-state index in [0.29, 0.717) is 0 Å². The van der Waals surface area contributed by atoms with Gasteiger partial charge in [-0.1, -0.05) is 0 Å². The number of imidazole rings is 1. The van der Waals surface area contributed by atoms with E-state index in [1.54, 1.807) is 6.20 Å². The van der Waals surface area contributed by atoms with Gasteiger partial charge in [0.15, 0.2) is 0 Å². The van der Waals surface area contributed by atoms with Crippen molar-refractivity contribution in [1.29, 1.82) is 0 Å². The van der Waals surface area contributed by atoms with Crippen LogP contribution in [0.4, 0.5) is 0 Å². The Hall–Kier alpha value is -1.09. The van der Waals surface area contributed by atoms with Crippen LogP contribution in [0.25, 0.3) is 11.4 Å². The second kappa shape index (κ2) is 2.75. The van der Waals surface area contributed by atoms with Crippen LogP contribution in [0.15, 0.2) is 18.5 Å². The summed E-state index contributed by atoms with van der Waals surface area (Å²) in [7, 11) is 0. The van der Waals surface area contributed by atoms with E-state index in [0.717, 1.165) is 5.82 Å². The maximum atomic E-state index is 4.21. The highest BCUT2D eigenvalue weighted by Gasteiger charge is 2.06. The van der Waals surface area contributed by atoms with E-state index in [1.807, 2.05) is 17.5 Å². The van der Waals surface area contributed by atoms with Gasteiger partial charge in [-0.15, -0.1) is 11.3 Å². The van der Waals surface area contributed by atoms with Crippen molar-refractivity contribution in [2.75, 3.05) is 0 Å². The van der Waals surface area contributed by atoms with E-state index < -0.39 is 0 Å². The smallest absolute Gasteiger partial charge is 0.138 e. The average Bonchev–Trinajstić information content (AvgIpc) is 2.58. The van der Waals surface area contributed by atoms with Crippen LogP contribution < -0.4 is 0 Å². The predicted octanol–water partition coefficient (Wildman–Crippen LogP) is 2.76. The first-order chi connectivity index (χ1) is 5.77. The number of aromatic amines is 1. The molecular weight excluding hydrogens is 168 g/mol. The van der Waals surface area contributed by atoms with Gasteiger partial charge in [-0.05, 0) is 19.9 Å². The summed E-state index contributed by atoms with van der Waals surface area (Å²) in [5, 5.41) is 0. The van der Waals surface area contributed by atoms with Crippen molar-refractivity contribution in [3.8, 4) is 11.4 Å².